The van der Waals surface area contributed by atoms with Crippen molar-refractivity contribution in [3.05, 3.63) is 83.4 Å². The summed E-state index contributed by atoms with van der Waals surface area (Å²) in [6.45, 7) is 3.75. The van der Waals surface area contributed by atoms with E-state index in [9.17, 15) is 14.4 Å². The molecule has 0 aliphatic carbocycles. The highest BCUT2D eigenvalue weighted by Gasteiger charge is 2.61. The smallest absolute Gasteiger partial charge is 0.269 e. The second kappa shape index (κ2) is 8.78. The summed E-state index contributed by atoms with van der Waals surface area (Å²) < 4.78 is 5.32. The van der Waals surface area contributed by atoms with Crippen LogP contribution in [-0.2, 0) is 19.3 Å². The van der Waals surface area contributed by atoms with Crippen LogP contribution in [0.5, 0.6) is 5.75 Å². The van der Waals surface area contributed by atoms with E-state index in [4.69, 9.17) is 4.74 Å². The van der Waals surface area contributed by atoms with E-state index >= 15 is 0 Å². The fraction of sp³-hybridized carbons (Fsp3) is 0.222. The maximum atomic E-state index is 14.1. The Morgan fingerprint density at radius 1 is 1.03 bits per heavy atom. The molecule has 0 bridgehead atoms. The number of benzene rings is 3. The van der Waals surface area contributed by atoms with Crippen molar-refractivity contribution in [2.24, 2.45) is 0 Å². The van der Waals surface area contributed by atoms with Crippen molar-refractivity contribution in [2.45, 2.75) is 18.7 Å². The lowest BCUT2D eigenvalue weighted by atomic mass is 10.0. The molecule has 8 heteroatoms. The van der Waals surface area contributed by atoms with Crippen LogP contribution >= 0.6 is 11.8 Å². The fourth-order valence-corrected chi connectivity index (χ4v) is 6.23. The number of para-hydroxylation sites is 3. The van der Waals surface area contributed by atoms with Crippen molar-refractivity contribution in [2.75, 3.05) is 34.5 Å². The molecule has 1 spiro atoms. The van der Waals surface area contributed by atoms with Crippen LogP contribution < -0.4 is 19.9 Å². The minimum absolute atomic E-state index is 0.136. The van der Waals surface area contributed by atoms with Gasteiger partial charge in [0.25, 0.3) is 5.91 Å². The van der Waals surface area contributed by atoms with E-state index in [1.807, 2.05) is 62.4 Å². The summed E-state index contributed by atoms with van der Waals surface area (Å²) >= 11 is 1.30. The number of hydrogen-bond donors (Lipinski definition) is 1. The molecule has 0 saturated carbocycles. The number of carbonyl (C=O) groups is 3. The third kappa shape index (κ3) is 3.74. The van der Waals surface area contributed by atoms with Crippen LogP contribution in [-0.4, -0.2) is 37.1 Å². The Bertz CT molecular complexity index is 1340. The number of methoxy groups -OCH3 is 1. The van der Waals surface area contributed by atoms with Crippen LogP contribution in [0.1, 0.15) is 16.7 Å². The fourth-order valence-electron chi connectivity index (χ4n) is 4.87. The molecule has 2 aliphatic heterocycles. The molecule has 1 atom stereocenters. The Kier molecular flexibility index (Phi) is 5.76. The van der Waals surface area contributed by atoms with Gasteiger partial charge in [0.05, 0.1) is 24.2 Å². The average Bonchev–Trinajstić information content (AvgIpc) is 3.30. The third-order valence-corrected chi connectivity index (χ3v) is 7.60. The number of amides is 3. The van der Waals surface area contributed by atoms with E-state index in [1.54, 1.807) is 23.1 Å². The standard InChI is InChI=1S/C27H25N3O4S/c1-17-12-18(2)14-19(13-17)30-25(32)16-35-27(30)20-8-4-6-10-22(20)29(26(27)33)15-24(31)28-21-9-5-7-11-23(21)34-3/h4-14H,15-16H2,1-3H3,(H,28,31)/t27-/m1/s1. The van der Waals surface area contributed by atoms with Crippen molar-refractivity contribution >= 4 is 46.5 Å². The minimum atomic E-state index is -1.25. The van der Waals surface area contributed by atoms with Crippen LogP contribution in [0.15, 0.2) is 66.7 Å². The molecule has 1 N–H and O–H groups in total. The largest absolute Gasteiger partial charge is 0.495 e. The quantitative estimate of drug-likeness (QED) is 0.583. The Labute approximate surface area is 208 Å². The number of fused-ring (bicyclic) bond motifs is 2. The SMILES string of the molecule is COc1ccccc1NC(=O)CN1C(=O)[C@]2(SCC(=O)N2c2cc(C)cc(C)c2)c2ccccc21. The third-order valence-electron chi connectivity index (χ3n) is 6.21. The lowest BCUT2D eigenvalue weighted by Gasteiger charge is -2.33. The summed E-state index contributed by atoms with van der Waals surface area (Å²) in [6.07, 6.45) is 0. The van der Waals surface area contributed by atoms with Gasteiger partial charge in [-0.1, -0.05) is 36.4 Å². The zero-order valence-electron chi connectivity index (χ0n) is 19.7. The van der Waals surface area contributed by atoms with Crippen molar-refractivity contribution < 1.29 is 19.1 Å². The molecule has 7 nitrogen and oxygen atoms in total. The Balaban J connectivity index is 1.53. The van der Waals surface area contributed by atoms with Gasteiger partial charge in [-0.15, -0.1) is 11.8 Å². The van der Waals surface area contributed by atoms with E-state index in [0.29, 0.717) is 28.4 Å². The molecule has 1 saturated heterocycles. The number of anilines is 3. The predicted molar refractivity (Wildman–Crippen MR) is 138 cm³/mol. The van der Waals surface area contributed by atoms with Crippen LogP contribution in [0.2, 0.25) is 0 Å². The van der Waals surface area contributed by atoms with Crippen molar-refractivity contribution in [3.63, 3.8) is 0 Å². The number of nitrogens with one attached hydrogen (secondary N) is 1. The van der Waals surface area contributed by atoms with E-state index < -0.39 is 4.87 Å². The molecule has 2 aliphatic rings. The van der Waals surface area contributed by atoms with Gasteiger partial charge in [0.2, 0.25) is 16.7 Å². The average molecular weight is 488 g/mol. The summed E-state index contributed by atoms with van der Waals surface area (Å²) in [4.78, 5) is 42.2. The van der Waals surface area contributed by atoms with Gasteiger partial charge in [-0.3, -0.25) is 24.2 Å². The lowest BCUT2D eigenvalue weighted by molar-refractivity contribution is -0.124. The number of rotatable bonds is 5. The molecular weight excluding hydrogens is 462 g/mol. The molecular formula is C27H25N3O4S. The molecule has 1 fully saturated rings. The van der Waals surface area contributed by atoms with Gasteiger partial charge in [0.1, 0.15) is 12.3 Å². The van der Waals surface area contributed by atoms with E-state index in [1.165, 1.54) is 23.8 Å². The van der Waals surface area contributed by atoms with Gasteiger partial charge in [0, 0.05) is 11.3 Å². The highest BCUT2D eigenvalue weighted by molar-refractivity contribution is 8.02. The van der Waals surface area contributed by atoms with E-state index in [0.717, 1.165) is 11.1 Å². The molecule has 0 aromatic heterocycles. The molecule has 3 amide bonds. The van der Waals surface area contributed by atoms with Crippen molar-refractivity contribution in [1.82, 2.24) is 0 Å². The first-order valence-electron chi connectivity index (χ1n) is 11.2. The molecule has 35 heavy (non-hydrogen) atoms. The number of nitrogens with zero attached hydrogens (tertiary/aromatic N) is 2. The lowest BCUT2D eigenvalue weighted by Crippen LogP contribution is -2.51. The predicted octanol–water partition coefficient (Wildman–Crippen LogP) is 4.23. The van der Waals surface area contributed by atoms with Gasteiger partial charge in [-0.2, -0.15) is 0 Å². The molecule has 178 valence electrons. The number of hydrogen-bond acceptors (Lipinski definition) is 5. The number of thioether (sulfide) groups is 1. The topological polar surface area (TPSA) is 79.0 Å². The maximum absolute atomic E-state index is 14.1. The first-order valence-corrected chi connectivity index (χ1v) is 12.2. The number of carbonyl (C=O) groups excluding carboxylic acids is 3. The normalized spacial score (nSPS) is 18.8. The Morgan fingerprint density at radius 3 is 2.46 bits per heavy atom. The summed E-state index contributed by atoms with van der Waals surface area (Å²) in [5.74, 6) is -0.0911. The molecule has 5 rings (SSSR count). The summed E-state index contributed by atoms with van der Waals surface area (Å²) in [5, 5.41) is 2.84. The minimum Gasteiger partial charge on any atom is -0.495 e. The van der Waals surface area contributed by atoms with E-state index in [-0.39, 0.29) is 30.0 Å². The molecule has 0 radical (unpaired) electrons. The van der Waals surface area contributed by atoms with Crippen LogP contribution in [0.25, 0.3) is 0 Å². The van der Waals surface area contributed by atoms with E-state index in [2.05, 4.69) is 5.32 Å². The first-order chi connectivity index (χ1) is 16.8. The monoisotopic (exact) mass is 487 g/mol. The second-order valence-corrected chi connectivity index (χ2v) is 9.83. The number of aryl methyl sites for hydroxylation is 2. The first kappa shape index (κ1) is 23.0. The zero-order chi connectivity index (χ0) is 24.7. The molecule has 0 unspecified atom stereocenters. The highest BCUT2D eigenvalue weighted by Crippen LogP contribution is 2.55. The van der Waals surface area contributed by atoms with Gasteiger partial charge in [-0.05, 0) is 55.3 Å². The Hall–Kier alpha value is -3.78. The van der Waals surface area contributed by atoms with Crippen LogP contribution in [0, 0.1) is 13.8 Å². The summed E-state index contributed by atoms with van der Waals surface area (Å²) in [5.41, 5.74) is 4.56. The molecule has 2 heterocycles. The number of ether oxygens (including phenoxy) is 1. The molecule has 3 aromatic carbocycles. The Morgan fingerprint density at radius 2 is 1.71 bits per heavy atom. The second-order valence-electron chi connectivity index (χ2n) is 8.66. The highest BCUT2D eigenvalue weighted by atomic mass is 32.2. The van der Waals surface area contributed by atoms with Crippen LogP contribution in [0.4, 0.5) is 17.1 Å². The summed E-state index contributed by atoms with van der Waals surface area (Å²) in [7, 11) is 1.53. The van der Waals surface area contributed by atoms with Crippen molar-refractivity contribution in [3.8, 4) is 5.75 Å². The van der Waals surface area contributed by atoms with Crippen molar-refractivity contribution in [1.29, 1.82) is 0 Å². The van der Waals surface area contributed by atoms with Gasteiger partial charge in [0.15, 0.2) is 0 Å². The van der Waals surface area contributed by atoms with Gasteiger partial charge in [-0.25, -0.2) is 0 Å². The summed E-state index contributed by atoms with van der Waals surface area (Å²) in [6, 6.07) is 20.4. The molecule has 3 aromatic rings. The maximum Gasteiger partial charge on any atom is 0.269 e. The zero-order valence-corrected chi connectivity index (χ0v) is 20.5. The van der Waals surface area contributed by atoms with Gasteiger partial charge < -0.3 is 10.1 Å². The van der Waals surface area contributed by atoms with Crippen LogP contribution in [0.3, 0.4) is 0 Å². The van der Waals surface area contributed by atoms with Gasteiger partial charge >= 0.3 is 0 Å².